The Labute approximate surface area is 157 Å². The number of carbonyl (C=O) groups is 2. The molecule has 0 spiro atoms. The second-order valence-electron chi connectivity index (χ2n) is 5.32. The van der Waals surface area contributed by atoms with Gasteiger partial charge in [-0.2, -0.15) is 5.10 Å². The van der Waals surface area contributed by atoms with Crippen molar-refractivity contribution in [3.8, 4) is 17.2 Å². The average molecular weight is 371 g/mol. The molecule has 2 aromatic rings. The number of hydrazone groups is 1. The number of hydrogen-bond acceptors (Lipinski definition) is 6. The number of nitrogens with zero attached hydrogens (tertiary/aromatic N) is 1. The minimum Gasteiger partial charge on any atom is -0.497 e. The average Bonchev–Trinajstić information content (AvgIpc) is 2.71. The number of ether oxygens (including phenoxy) is 3. The van der Waals surface area contributed by atoms with E-state index < -0.39 is 11.8 Å². The monoisotopic (exact) mass is 371 g/mol. The van der Waals surface area contributed by atoms with E-state index in [0.717, 1.165) is 5.56 Å². The molecule has 27 heavy (non-hydrogen) atoms. The van der Waals surface area contributed by atoms with E-state index in [-0.39, 0.29) is 6.54 Å². The third-order valence-corrected chi connectivity index (χ3v) is 3.56. The Morgan fingerprint density at radius 1 is 1.00 bits per heavy atom. The molecule has 0 aliphatic rings. The number of benzene rings is 2. The van der Waals surface area contributed by atoms with Gasteiger partial charge < -0.3 is 19.5 Å². The van der Waals surface area contributed by atoms with Gasteiger partial charge in [0.1, 0.15) is 17.2 Å². The maximum Gasteiger partial charge on any atom is 0.259 e. The molecule has 0 aliphatic carbocycles. The summed E-state index contributed by atoms with van der Waals surface area (Å²) in [7, 11) is 4.54. The highest BCUT2D eigenvalue weighted by atomic mass is 16.5. The summed E-state index contributed by atoms with van der Waals surface area (Å²) in [6.45, 7) is -0.233. The van der Waals surface area contributed by atoms with Crippen molar-refractivity contribution in [2.45, 2.75) is 0 Å². The molecule has 0 saturated carbocycles. The van der Waals surface area contributed by atoms with Gasteiger partial charge in [-0.25, -0.2) is 5.43 Å². The zero-order valence-corrected chi connectivity index (χ0v) is 15.3. The van der Waals surface area contributed by atoms with Crippen LogP contribution < -0.4 is 25.0 Å². The van der Waals surface area contributed by atoms with Crippen LogP contribution in [0.3, 0.4) is 0 Å². The molecule has 8 nitrogen and oxygen atoms in total. The van der Waals surface area contributed by atoms with E-state index in [1.165, 1.54) is 20.4 Å². The molecule has 0 radical (unpaired) electrons. The normalized spacial score (nSPS) is 10.3. The van der Waals surface area contributed by atoms with Crippen molar-refractivity contribution in [1.29, 1.82) is 0 Å². The first-order valence-corrected chi connectivity index (χ1v) is 8.03. The Balaban J connectivity index is 1.88. The molecule has 8 heteroatoms. The molecule has 2 rings (SSSR count). The minimum absolute atomic E-state index is 0.233. The van der Waals surface area contributed by atoms with Crippen molar-refractivity contribution in [1.82, 2.24) is 10.7 Å². The quantitative estimate of drug-likeness (QED) is 0.542. The van der Waals surface area contributed by atoms with Crippen LogP contribution in [-0.4, -0.2) is 45.9 Å². The summed E-state index contributed by atoms with van der Waals surface area (Å²) in [5.74, 6) is 0.693. The molecule has 0 aromatic heterocycles. The molecular weight excluding hydrogens is 350 g/mol. The number of nitrogens with one attached hydrogen (secondary N) is 2. The van der Waals surface area contributed by atoms with Gasteiger partial charge in [-0.1, -0.05) is 12.1 Å². The Bertz CT molecular complexity index is 836. The molecule has 2 N–H and O–H groups in total. The van der Waals surface area contributed by atoms with Crippen molar-refractivity contribution in [2.75, 3.05) is 27.9 Å². The van der Waals surface area contributed by atoms with Gasteiger partial charge in [0.25, 0.3) is 11.8 Å². The second-order valence-corrected chi connectivity index (χ2v) is 5.32. The van der Waals surface area contributed by atoms with Crippen LogP contribution >= 0.6 is 0 Å². The van der Waals surface area contributed by atoms with E-state index in [1.54, 1.807) is 37.4 Å². The fourth-order valence-electron chi connectivity index (χ4n) is 2.18. The van der Waals surface area contributed by atoms with Crippen LogP contribution in [-0.2, 0) is 4.79 Å². The number of rotatable bonds is 8. The van der Waals surface area contributed by atoms with Gasteiger partial charge in [0.05, 0.1) is 39.7 Å². The molecular formula is C19H21N3O5. The second kappa shape index (κ2) is 9.81. The number of amides is 2. The zero-order chi connectivity index (χ0) is 19.6. The van der Waals surface area contributed by atoms with E-state index >= 15 is 0 Å². The smallest absolute Gasteiger partial charge is 0.259 e. The summed E-state index contributed by atoms with van der Waals surface area (Å²) in [4.78, 5) is 24.1. The van der Waals surface area contributed by atoms with Crippen LogP contribution in [0.15, 0.2) is 47.6 Å². The third-order valence-electron chi connectivity index (χ3n) is 3.56. The number of hydrogen-bond donors (Lipinski definition) is 2. The van der Waals surface area contributed by atoms with Gasteiger partial charge in [-0.3, -0.25) is 9.59 Å². The van der Waals surface area contributed by atoms with Gasteiger partial charge in [0.2, 0.25) is 0 Å². The highest BCUT2D eigenvalue weighted by molar-refractivity contribution is 5.99. The molecule has 0 heterocycles. The fraction of sp³-hybridized carbons (Fsp3) is 0.211. The van der Waals surface area contributed by atoms with E-state index in [0.29, 0.717) is 22.8 Å². The number of carbonyl (C=O) groups excluding carboxylic acids is 2. The maximum absolute atomic E-state index is 12.2. The highest BCUT2D eigenvalue weighted by Crippen LogP contribution is 2.24. The Morgan fingerprint density at radius 3 is 2.44 bits per heavy atom. The summed E-state index contributed by atoms with van der Waals surface area (Å²) in [6, 6.07) is 12.0. The standard InChI is InChI=1S/C19H21N3O5/c1-25-14-6-4-5-13(9-14)11-21-22-18(23)12-20-19(24)16-8-7-15(26-2)10-17(16)27-3/h4-11H,12H2,1-3H3,(H,20,24)(H,22,23)/b21-11+. The number of methoxy groups -OCH3 is 3. The van der Waals surface area contributed by atoms with Gasteiger partial charge in [0, 0.05) is 6.07 Å². The Morgan fingerprint density at radius 2 is 1.74 bits per heavy atom. The molecule has 2 aromatic carbocycles. The summed E-state index contributed by atoms with van der Waals surface area (Å²) >= 11 is 0. The third kappa shape index (κ3) is 5.74. The van der Waals surface area contributed by atoms with Crippen LogP contribution in [0.4, 0.5) is 0 Å². The zero-order valence-electron chi connectivity index (χ0n) is 15.3. The first-order valence-electron chi connectivity index (χ1n) is 8.03. The summed E-state index contributed by atoms with van der Waals surface area (Å²) in [6.07, 6.45) is 1.48. The van der Waals surface area contributed by atoms with E-state index in [1.807, 2.05) is 12.1 Å². The first kappa shape index (κ1) is 19.8. The lowest BCUT2D eigenvalue weighted by Crippen LogP contribution is -2.35. The van der Waals surface area contributed by atoms with Gasteiger partial charge >= 0.3 is 0 Å². The van der Waals surface area contributed by atoms with Crippen molar-refractivity contribution in [2.24, 2.45) is 5.10 Å². The fourth-order valence-corrected chi connectivity index (χ4v) is 2.18. The lowest BCUT2D eigenvalue weighted by atomic mass is 10.1. The molecule has 0 bridgehead atoms. The van der Waals surface area contributed by atoms with Crippen molar-refractivity contribution < 1.29 is 23.8 Å². The molecule has 0 fully saturated rings. The first-order chi connectivity index (χ1) is 13.1. The predicted molar refractivity (Wildman–Crippen MR) is 101 cm³/mol. The van der Waals surface area contributed by atoms with Gasteiger partial charge in [-0.05, 0) is 29.8 Å². The van der Waals surface area contributed by atoms with Crippen LogP contribution in [0.2, 0.25) is 0 Å². The molecule has 2 amide bonds. The van der Waals surface area contributed by atoms with Crippen LogP contribution in [0.5, 0.6) is 17.2 Å². The minimum atomic E-state index is -0.463. The predicted octanol–water partition coefficient (Wildman–Crippen LogP) is 1.59. The Kier molecular flexibility index (Phi) is 7.18. The van der Waals surface area contributed by atoms with Crippen LogP contribution in [0, 0.1) is 0 Å². The maximum atomic E-state index is 12.2. The summed E-state index contributed by atoms with van der Waals surface area (Å²) in [5.41, 5.74) is 3.41. The lowest BCUT2D eigenvalue weighted by Gasteiger charge is -2.10. The molecule has 142 valence electrons. The van der Waals surface area contributed by atoms with E-state index in [2.05, 4.69) is 15.8 Å². The van der Waals surface area contributed by atoms with Crippen LogP contribution in [0.25, 0.3) is 0 Å². The van der Waals surface area contributed by atoms with Gasteiger partial charge in [-0.15, -0.1) is 0 Å². The molecule has 0 unspecified atom stereocenters. The summed E-state index contributed by atoms with van der Waals surface area (Å²) < 4.78 is 15.4. The van der Waals surface area contributed by atoms with Crippen molar-refractivity contribution in [3.63, 3.8) is 0 Å². The van der Waals surface area contributed by atoms with Gasteiger partial charge in [0.15, 0.2) is 0 Å². The van der Waals surface area contributed by atoms with E-state index in [4.69, 9.17) is 14.2 Å². The largest absolute Gasteiger partial charge is 0.497 e. The Hall–Kier alpha value is -3.55. The van der Waals surface area contributed by atoms with Crippen LogP contribution in [0.1, 0.15) is 15.9 Å². The molecule has 0 saturated heterocycles. The lowest BCUT2D eigenvalue weighted by molar-refractivity contribution is -0.120. The molecule has 0 atom stereocenters. The highest BCUT2D eigenvalue weighted by Gasteiger charge is 2.14. The topological polar surface area (TPSA) is 98.2 Å². The van der Waals surface area contributed by atoms with Crippen molar-refractivity contribution >= 4 is 18.0 Å². The molecule has 0 aliphatic heterocycles. The SMILES string of the molecule is COc1cccc(/C=N/NC(=O)CNC(=O)c2ccc(OC)cc2OC)c1. The van der Waals surface area contributed by atoms with Crippen molar-refractivity contribution in [3.05, 3.63) is 53.6 Å². The summed E-state index contributed by atoms with van der Waals surface area (Å²) in [5, 5.41) is 6.36. The van der Waals surface area contributed by atoms with E-state index in [9.17, 15) is 9.59 Å².